The van der Waals surface area contributed by atoms with E-state index in [1.165, 1.54) is 5.56 Å². The summed E-state index contributed by atoms with van der Waals surface area (Å²) in [7, 11) is 0. The van der Waals surface area contributed by atoms with Crippen LogP contribution in [0.15, 0.2) is 48.1 Å². The maximum absolute atomic E-state index is 11.5. The summed E-state index contributed by atoms with van der Waals surface area (Å²) in [6.07, 6.45) is 2.95. The van der Waals surface area contributed by atoms with Crippen LogP contribution in [0.2, 0.25) is 0 Å². The highest BCUT2D eigenvalue weighted by Gasteiger charge is 2.07. The van der Waals surface area contributed by atoms with Gasteiger partial charge < -0.3 is 5.32 Å². The van der Waals surface area contributed by atoms with Crippen molar-refractivity contribution in [1.82, 2.24) is 10.7 Å². The average Bonchev–Trinajstić information content (AvgIpc) is 2.50. The summed E-state index contributed by atoms with van der Waals surface area (Å²) in [5.41, 5.74) is 4.43. The van der Waals surface area contributed by atoms with E-state index in [0.717, 1.165) is 18.6 Å². The predicted molar refractivity (Wildman–Crippen MR) is 83.8 cm³/mol. The maximum Gasteiger partial charge on any atom is 0.249 e. The van der Waals surface area contributed by atoms with Crippen molar-refractivity contribution in [1.29, 1.82) is 0 Å². The van der Waals surface area contributed by atoms with Crippen LogP contribution in [-0.2, 0) is 16.0 Å². The third-order valence-electron chi connectivity index (χ3n) is 2.75. The molecule has 0 aromatic heterocycles. The van der Waals surface area contributed by atoms with E-state index in [4.69, 9.17) is 0 Å². The van der Waals surface area contributed by atoms with Gasteiger partial charge in [0.1, 0.15) is 6.42 Å². The monoisotopic (exact) mass is 287 g/mol. The molecule has 0 bridgehead atoms. The number of amides is 2. The zero-order valence-corrected chi connectivity index (χ0v) is 12.3. The van der Waals surface area contributed by atoms with Gasteiger partial charge in [0.15, 0.2) is 0 Å². The molecule has 21 heavy (non-hydrogen) atoms. The van der Waals surface area contributed by atoms with Crippen molar-refractivity contribution in [3.8, 4) is 0 Å². The van der Waals surface area contributed by atoms with Gasteiger partial charge in [0.25, 0.3) is 0 Å². The fourth-order valence-electron chi connectivity index (χ4n) is 1.62. The molecule has 0 aliphatic carbocycles. The van der Waals surface area contributed by atoms with E-state index in [1.807, 2.05) is 25.1 Å². The molecule has 5 nitrogen and oxygen atoms in total. The molecule has 0 heterocycles. The van der Waals surface area contributed by atoms with E-state index in [2.05, 4.69) is 34.6 Å². The van der Waals surface area contributed by atoms with Gasteiger partial charge in [0.05, 0.1) is 0 Å². The molecule has 0 atom stereocenters. The number of benzene rings is 1. The Balaban J connectivity index is 2.29. The number of nitrogens with one attached hydrogen (secondary N) is 2. The number of aryl methyl sites for hydroxylation is 1. The fraction of sp³-hybridized carbons (Fsp3) is 0.312. The lowest BCUT2D eigenvalue weighted by molar-refractivity contribution is -0.129. The van der Waals surface area contributed by atoms with Crippen molar-refractivity contribution in [2.45, 2.75) is 26.2 Å². The standard InChI is InChI=1S/C16H21N3O2/c1-3-11-17-15(20)12-16(21)19-18-13(2)9-10-14-7-5-4-6-8-14/h3-8H,1,9-12H2,2H3,(H,17,20)(H,19,21)/b18-13+. The molecule has 2 amide bonds. The van der Waals surface area contributed by atoms with E-state index in [1.54, 1.807) is 6.08 Å². The van der Waals surface area contributed by atoms with Crippen LogP contribution in [0.3, 0.4) is 0 Å². The Bertz CT molecular complexity index is 510. The first-order chi connectivity index (χ1) is 10.1. The van der Waals surface area contributed by atoms with Crippen molar-refractivity contribution in [3.05, 3.63) is 48.6 Å². The van der Waals surface area contributed by atoms with Crippen LogP contribution in [0, 0.1) is 0 Å². The summed E-state index contributed by atoms with van der Waals surface area (Å²) in [5.74, 6) is -0.764. The van der Waals surface area contributed by atoms with Crippen molar-refractivity contribution >= 4 is 17.5 Å². The molecule has 0 unspecified atom stereocenters. The number of carbonyl (C=O) groups excluding carboxylic acids is 2. The first-order valence-corrected chi connectivity index (χ1v) is 6.85. The zero-order valence-electron chi connectivity index (χ0n) is 12.3. The lowest BCUT2D eigenvalue weighted by Crippen LogP contribution is -2.30. The second-order valence-corrected chi connectivity index (χ2v) is 4.64. The first-order valence-electron chi connectivity index (χ1n) is 6.85. The highest BCUT2D eigenvalue weighted by molar-refractivity contribution is 5.97. The minimum Gasteiger partial charge on any atom is -0.352 e. The van der Waals surface area contributed by atoms with Crippen molar-refractivity contribution in [3.63, 3.8) is 0 Å². The van der Waals surface area contributed by atoms with Crippen LogP contribution < -0.4 is 10.7 Å². The molecule has 1 aromatic rings. The van der Waals surface area contributed by atoms with E-state index < -0.39 is 5.91 Å². The number of hydrogen-bond acceptors (Lipinski definition) is 3. The Kier molecular flexibility index (Phi) is 7.50. The van der Waals surface area contributed by atoms with Gasteiger partial charge in [0, 0.05) is 12.3 Å². The van der Waals surface area contributed by atoms with Gasteiger partial charge in [0.2, 0.25) is 11.8 Å². The minimum atomic E-state index is -0.421. The second-order valence-electron chi connectivity index (χ2n) is 4.64. The topological polar surface area (TPSA) is 70.6 Å². The number of hydrogen-bond donors (Lipinski definition) is 2. The van der Waals surface area contributed by atoms with Gasteiger partial charge in [-0.3, -0.25) is 9.59 Å². The quantitative estimate of drug-likeness (QED) is 0.331. The summed E-state index contributed by atoms with van der Waals surface area (Å²) in [6, 6.07) is 10.1. The fourth-order valence-corrected chi connectivity index (χ4v) is 1.62. The molecule has 2 N–H and O–H groups in total. The van der Waals surface area contributed by atoms with Crippen LogP contribution in [0.4, 0.5) is 0 Å². The van der Waals surface area contributed by atoms with Gasteiger partial charge >= 0.3 is 0 Å². The summed E-state index contributed by atoms with van der Waals surface area (Å²) >= 11 is 0. The third kappa shape index (κ3) is 7.67. The van der Waals surface area contributed by atoms with Crippen LogP contribution in [0.25, 0.3) is 0 Å². The molecule has 0 saturated heterocycles. The zero-order chi connectivity index (χ0) is 15.5. The highest BCUT2D eigenvalue weighted by atomic mass is 16.2. The molecular weight excluding hydrogens is 266 g/mol. The molecule has 0 radical (unpaired) electrons. The van der Waals surface area contributed by atoms with Crippen molar-refractivity contribution < 1.29 is 9.59 Å². The normalized spacial score (nSPS) is 10.8. The van der Waals surface area contributed by atoms with E-state index in [0.29, 0.717) is 6.54 Å². The SMILES string of the molecule is C=CCNC(=O)CC(=O)N/N=C(\C)CCc1ccccc1. The smallest absolute Gasteiger partial charge is 0.249 e. The number of rotatable bonds is 8. The van der Waals surface area contributed by atoms with Crippen LogP contribution in [-0.4, -0.2) is 24.1 Å². The molecule has 0 saturated carbocycles. The molecule has 1 rings (SSSR count). The molecule has 0 aliphatic heterocycles. The van der Waals surface area contributed by atoms with Crippen LogP contribution in [0.5, 0.6) is 0 Å². The lowest BCUT2D eigenvalue weighted by atomic mass is 10.1. The highest BCUT2D eigenvalue weighted by Crippen LogP contribution is 2.03. The molecule has 0 spiro atoms. The predicted octanol–water partition coefficient (Wildman–Crippen LogP) is 1.80. The summed E-state index contributed by atoms with van der Waals surface area (Å²) in [4.78, 5) is 22.8. The molecule has 0 aliphatic rings. The molecule has 5 heteroatoms. The number of nitrogens with zero attached hydrogens (tertiary/aromatic N) is 1. The summed E-state index contributed by atoms with van der Waals surface area (Å²) in [5, 5.41) is 6.52. The van der Waals surface area contributed by atoms with Gasteiger partial charge in [-0.2, -0.15) is 5.10 Å². The summed E-state index contributed by atoms with van der Waals surface area (Å²) < 4.78 is 0. The Morgan fingerprint density at radius 2 is 1.95 bits per heavy atom. The molecular formula is C16H21N3O2. The van der Waals surface area contributed by atoms with Crippen molar-refractivity contribution in [2.24, 2.45) is 5.10 Å². The van der Waals surface area contributed by atoms with Crippen LogP contribution >= 0.6 is 0 Å². The maximum atomic E-state index is 11.5. The summed E-state index contributed by atoms with van der Waals surface area (Å²) in [6.45, 7) is 5.68. The Labute approximate surface area is 125 Å². The molecule has 112 valence electrons. The Morgan fingerprint density at radius 1 is 1.24 bits per heavy atom. The van der Waals surface area contributed by atoms with Gasteiger partial charge in [-0.15, -0.1) is 6.58 Å². The average molecular weight is 287 g/mol. The number of hydrazone groups is 1. The van der Waals surface area contributed by atoms with E-state index in [-0.39, 0.29) is 12.3 Å². The van der Waals surface area contributed by atoms with E-state index in [9.17, 15) is 9.59 Å². The first kappa shape index (κ1) is 16.6. The third-order valence-corrected chi connectivity index (χ3v) is 2.75. The Hall–Kier alpha value is -2.43. The lowest BCUT2D eigenvalue weighted by Gasteiger charge is -2.04. The van der Waals surface area contributed by atoms with Crippen LogP contribution in [0.1, 0.15) is 25.3 Å². The molecule has 1 aromatic carbocycles. The second kappa shape index (κ2) is 9.47. The largest absolute Gasteiger partial charge is 0.352 e. The Morgan fingerprint density at radius 3 is 2.62 bits per heavy atom. The number of carbonyl (C=O) groups is 2. The van der Waals surface area contributed by atoms with Gasteiger partial charge in [-0.25, -0.2) is 5.43 Å². The van der Waals surface area contributed by atoms with Gasteiger partial charge in [-0.05, 0) is 25.3 Å². The van der Waals surface area contributed by atoms with Gasteiger partial charge in [-0.1, -0.05) is 36.4 Å². The minimum absolute atomic E-state index is 0.233. The van der Waals surface area contributed by atoms with E-state index >= 15 is 0 Å². The molecule has 0 fully saturated rings. The van der Waals surface area contributed by atoms with Crippen molar-refractivity contribution in [2.75, 3.05) is 6.54 Å².